The Kier molecular flexibility index (Phi) is 10.6. The molecule has 0 atom stereocenters. The fourth-order valence-electron chi connectivity index (χ4n) is 5.90. The van der Waals surface area contributed by atoms with Gasteiger partial charge in [-0.15, -0.1) is 0 Å². The summed E-state index contributed by atoms with van der Waals surface area (Å²) in [6, 6.07) is 0. The quantitative estimate of drug-likeness (QED) is 0.225. The fourth-order valence-corrected chi connectivity index (χ4v) is 252. The molecule has 0 nitrogen and oxygen atoms in total. The molecule has 0 fully saturated rings. The third kappa shape index (κ3) is 4.89. The highest BCUT2D eigenvalue weighted by Crippen LogP contribution is 2.46. The first-order chi connectivity index (χ1) is 12.9. The summed E-state index contributed by atoms with van der Waals surface area (Å²) in [7, 11) is -9.93. The van der Waals surface area contributed by atoms with Gasteiger partial charge in [0.05, 0.1) is 0 Å². The van der Waals surface area contributed by atoms with Crippen LogP contribution in [-0.2, 0) is 0 Å². The van der Waals surface area contributed by atoms with Gasteiger partial charge in [-0.05, 0) is 23.3 Å². The second-order valence-electron chi connectivity index (χ2n) is 14.4. The molecule has 0 aromatic rings. The molecule has 0 bridgehead atoms. The zero-order valence-electron chi connectivity index (χ0n) is 24.2. The Labute approximate surface area is 207 Å². The van der Waals surface area contributed by atoms with E-state index in [4.69, 9.17) is 0 Å². The molecule has 182 valence electrons. The van der Waals surface area contributed by atoms with Crippen LogP contribution in [0.15, 0.2) is 0 Å². The van der Waals surface area contributed by atoms with Crippen molar-refractivity contribution in [2.75, 3.05) is 23.3 Å². The predicted molar refractivity (Wildman–Crippen MR) is 177 cm³/mol. The topological polar surface area (TPSA) is 0 Å². The first kappa shape index (κ1) is 32.4. The van der Waals surface area contributed by atoms with Crippen LogP contribution in [0, 0.1) is 0 Å². The van der Waals surface area contributed by atoms with Crippen molar-refractivity contribution < 1.29 is 0 Å². The van der Waals surface area contributed by atoms with Gasteiger partial charge in [-0.1, -0.05) is 105 Å². The van der Waals surface area contributed by atoms with E-state index in [1.807, 2.05) is 0 Å². The van der Waals surface area contributed by atoms with Crippen LogP contribution in [0.2, 0.25) is 105 Å². The first-order valence-electron chi connectivity index (χ1n) is 11.9. The van der Waals surface area contributed by atoms with Gasteiger partial charge in [0.15, 0.2) is 0 Å². The van der Waals surface area contributed by atoms with Crippen LogP contribution < -0.4 is 0 Å². The molecule has 10 heteroatoms. The van der Waals surface area contributed by atoms with Crippen molar-refractivity contribution in [2.24, 2.45) is 0 Å². The second kappa shape index (κ2) is 9.83. The molecule has 0 unspecified atom stereocenters. The molecular formula is C20H58S2Si8. The molecule has 0 amide bonds. The van der Waals surface area contributed by atoms with Gasteiger partial charge in [-0.3, -0.25) is 0 Å². The number of rotatable bonds is 11. The molecule has 30 heavy (non-hydrogen) atoms. The van der Waals surface area contributed by atoms with Crippen LogP contribution >= 0.6 is 23.5 Å². The lowest BCUT2D eigenvalue weighted by molar-refractivity contribution is 1.70. The van der Waals surface area contributed by atoms with Gasteiger partial charge in [-0.2, -0.15) is 23.5 Å². The Morgan fingerprint density at radius 2 is 0.500 bits per heavy atom. The molecule has 0 aliphatic heterocycles. The van der Waals surface area contributed by atoms with Crippen LogP contribution in [0.1, 0.15) is 0 Å². The second-order valence-corrected chi connectivity index (χ2v) is 107. The summed E-state index contributed by atoms with van der Waals surface area (Å²) in [4.78, 5) is 0. The molecule has 0 aliphatic rings. The zero-order valence-corrected chi connectivity index (χ0v) is 33.9. The third-order valence-corrected chi connectivity index (χ3v) is 192. The van der Waals surface area contributed by atoms with Crippen LogP contribution in [0.3, 0.4) is 0 Å². The molecule has 0 aliphatic carbocycles. The van der Waals surface area contributed by atoms with Gasteiger partial charge in [0.1, 0.15) is 0 Å². The first-order valence-corrected chi connectivity index (χ1v) is 46.1. The highest BCUT2D eigenvalue weighted by molar-refractivity contribution is 8.07. The SMILES string of the molecule is CSC[Si](C)(C)[Si](C)(C)[Si](C)(C)[Si](C)(C)[Si](C)(C)[Si](C)(C)[Si](C)(C)[Si](C)(C)CSC. The van der Waals surface area contributed by atoms with Gasteiger partial charge < -0.3 is 0 Å². The van der Waals surface area contributed by atoms with Crippen molar-refractivity contribution in [1.82, 2.24) is 0 Å². The van der Waals surface area contributed by atoms with E-state index in [1.165, 1.54) is 10.8 Å². The Morgan fingerprint density at radius 1 is 0.333 bits per heavy atom. The van der Waals surface area contributed by atoms with E-state index < -0.39 is 57.8 Å². The van der Waals surface area contributed by atoms with E-state index in [0.29, 0.717) is 0 Å². The van der Waals surface area contributed by atoms with E-state index in [1.54, 1.807) is 0 Å². The Hall–Kier alpha value is 2.44. The Bertz CT molecular complexity index is 544. The summed E-state index contributed by atoms with van der Waals surface area (Å²) >= 11 is 4.31. The maximum Gasteiger partial charge on any atom is 0.0492 e. The van der Waals surface area contributed by atoms with Crippen LogP contribution in [0.4, 0.5) is 0 Å². The third-order valence-electron chi connectivity index (χ3n) is 12.2. The maximum absolute atomic E-state index is 2.95. The molecule has 0 aromatic heterocycles. The highest BCUT2D eigenvalue weighted by Gasteiger charge is 2.69. The number of hydrogen-bond acceptors (Lipinski definition) is 2. The molecule has 0 radical (unpaired) electrons. The minimum Gasteiger partial charge on any atom is -0.169 e. The Balaban J connectivity index is 6.67. The summed E-state index contributed by atoms with van der Waals surface area (Å²) in [6.07, 6.45) is 4.72. The number of thioether (sulfide) groups is 2. The zero-order chi connectivity index (χ0) is 24.8. The summed E-state index contributed by atoms with van der Waals surface area (Å²) in [5.41, 5.74) is 0. The minimum atomic E-state index is -1.30. The largest absolute Gasteiger partial charge is 0.169 e. The van der Waals surface area contributed by atoms with Crippen molar-refractivity contribution in [3.05, 3.63) is 0 Å². The van der Waals surface area contributed by atoms with Crippen molar-refractivity contribution >= 4 is 81.4 Å². The summed E-state index contributed by atoms with van der Waals surface area (Å²) < 4.78 is 0. The van der Waals surface area contributed by atoms with Crippen molar-refractivity contribution in [3.8, 4) is 0 Å². The lowest BCUT2D eigenvalue weighted by atomic mass is 11.8. The van der Waals surface area contributed by atoms with Gasteiger partial charge in [0.2, 0.25) is 0 Å². The Morgan fingerprint density at radius 3 is 0.667 bits per heavy atom. The molecule has 0 saturated carbocycles. The maximum atomic E-state index is 2.95. The summed E-state index contributed by atoms with van der Waals surface area (Å²) in [5.74, 6) is 0. The van der Waals surface area contributed by atoms with Gasteiger partial charge >= 0.3 is 0 Å². The lowest BCUT2D eigenvalue weighted by Crippen LogP contribution is -2.92. The van der Waals surface area contributed by atoms with Gasteiger partial charge in [0.25, 0.3) is 0 Å². The lowest BCUT2D eigenvalue weighted by Gasteiger charge is -2.65. The van der Waals surface area contributed by atoms with Crippen molar-refractivity contribution in [1.29, 1.82) is 0 Å². The fraction of sp³-hybridized carbons (Fsp3) is 1.00. The van der Waals surface area contributed by atoms with E-state index in [-0.39, 0.29) is 0 Å². The monoisotopic (exact) mass is 586 g/mol. The van der Waals surface area contributed by atoms with Crippen LogP contribution in [0.5, 0.6) is 0 Å². The molecule has 0 rings (SSSR count). The molecule has 0 N–H and O–H groups in total. The van der Waals surface area contributed by atoms with Crippen molar-refractivity contribution in [3.63, 3.8) is 0 Å². The molecular weight excluding hydrogens is 529 g/mol. The van der Waals surface area contributed by atoms with E-state index >= 15 is 0 Å². The standard InChI is InChI=1S/C20H58S2Si8/c1-21-19-23(3,4)25(7,8)27(11,12)29(15,16)30(17,18)28(13,14)26(9,10)24(5,6)20-22-2/h19-20H2,1-18H3. The molecule has 0 aromatic carbocycles. The van der Waals surface area contributed by atoms with E-state index in [9.17, 15) is 0 Å². The molecule has 0 heterocycles. The number of hydrogen-bond donors (Lipinski definition) is 0. The molecule has 0 saturated heterocycles. The van der Waals surface area contributed by atoms with Gasteiger partial charge in [0, 0.05) is 57.8 Å². The normalized spacial score (nSPS) is 16.2. The van der Waals surface area contributed by atoms with E-state index in [0.717, 1.165) is 0 Å². The average Bonchev–Trinajstić information content (AvgIpc) is 2.53. The van der Waals surface area contributed by atoms with Gasteiger partial charge in [-0.25, -0.2) is 0 Å². The van der Waals surface area contributed by atoms with E-state index in [2.05, 4.69) is 141 Å². The average molecular weight is 588 g/mol. The predicted octanol–water partition coefficient (Wildman–Crippen LogP) is 8.01. The van der Waals surface area contributed by atoms with Crippen LogP contribution in [-0.4, -0.2) is 81.1 Å². The summed E-state index contributed by atoms with van der Waals surface area (Å²) in [5, 5.41) is 2.98. The summed E-state index contributed by atoms with van der Waals surface area (Å²) in [6.45, 7) is 46.1. The minimum absolute atomic E-state index is 1.16. The smallest absolute Gasteiger partial charge is 0.0492 e. The van der Waals surface area contributed by atoms with Crippen molar-refractivity contribution in [2.45, 2.75) is 105 Å². The molecule has 0 spiro atoms. The highest BCUT2D eigenvalue weighted by atomic mass is 32.2. The van der Waals surface area contributed by atoms with Crippen LogP contribution in [0.25, 0.3) is 0 Å².